The van der Waals surface area contributed by atoms with Crippen LogP contribution in [0, 0.1) is 19.3 Å². The molecule has 0 saturated carbocycles. The van der Waals surface area contributed by atoms with Gasteiger partial charge in [0.2, 0.25) is 15.9 Å². The zero-order chi connectivity index (χ0) is 19.2. The fourth-order valence-corrected chi connectivity index (χ4v) is 3.86. The van der Waals surface area contributed by atoms with Gasteiger partial charge in [0.05, 0.1) is 23.3 Å². The van der Waals surface area contributed by atoms with Crippen LogP contribution in [0.25, 0.3) is 0 Å². The first kappa shape index (κ1) is 19.6. The molecule has 1 aromatic carbocycles. The fraction of sp³-hybridized carbons (Fsp3) is 0.611. The molecule has 0 saturated heterocycles. The number of hydrogen-bond donors (Lipinski definition) is 2. The Kier molecular flexibility index (Phi) is 5.10. The van der Waals surface area contributed by atoms with Gasteiger partial charge in [-0.25, -0.2) is 8.42 Å². The Balaban J connectivity index is 2.69. The summed E-state index contributed by atoms with van der Waals surface area (Å²) in [5.74, 6) is -0.0880. The predicted molar refractivity (Wildman–Crippen MR) is 104 cm³/mol. The van der Waals surface area contributed by atoms with Crippen molar-refractivity contribution in [1.29, 1.82) is 0 Å². The quantitative estimate of drug-likeness (QED) is 0.857. The number of anilines is 3. The highest BCUT2D eigenvalue weighted by Crippen LogP contribution is 2.45. The Hall–Kier alpha value is -1.76. The van der Waals surface area contributed by atoms with Crippen LogP contribution in [0.1, 0.15) is 44.4 Å². The highest BCUT2D eigenvalue weighted by Gasteiger charge is 2.31. The number of carbonyl (C=O) groups is 1. The summed E-state index contributed by atoms with van der Waals surface area (Å²) in [4.78, 5) is 14.8. The van der Waals surface area contributed by atoms with Gasteiger partial charge in [-0.1, -0.05) is 20.8 Å². The molecule has 2 rings (SSSR count). The van der Waals surface area contributed by atoms with E-state index < -0.39 is 15.4 Å². The Morgan fingerprint density at radius 2 is 1.76 bits per heavy atom. The molecule has 1 aromatic rings. The minimum absolute atomic E-state index is 0.0880. The molecule has 0 atom stereocenters. The van der Waals surface area contributed by atoms with Gasteiger partial charge in [-0.05, 0) is 43.9 Å². The molecular formula is C18H29N3O3S. The van der Waals surface area contributed by atoms with Crippen LogP contribution < -0.4 is 14.9 Å². The summed E-state index contributed by atoms with van der Waals surface area (Å²) in [7, 11) is -3.41. The highest BCUT2D eigenvalue weighted by atomic mass is 32.2. The van der Waals surface area contributed by atoms with Crippen LogP contribution in [-0.4, -0.2) is 33.7 Å². The standard InChI is InChI=1S/C18H29N3O3S/c1-8-21-10-9-13-11(2)14(20-25(7,23)24)12(3)15(16(13)21)19-17(22)18(4,5)6/h20H,8-10H2,1-7H3,(H,19,22). The van der Waals surface area contributed by atoms with Crippen molar-refractivity contribution in [3.63, 3.8) is 0 Å². The molecule has 2 N–H and O–H groups in total. The van der Waals surface area contributed by atoms with Gasteiger partial charge in [-0.15, -0.1) is 0 Å². The van der Waals surface area contributed by atoms with Crippen molar-refractivity contribution in [2.45, 2.75) is 48.0 Å². The van der Waals surface area contributed by atoms with Gasteiger partial charge in [-0.3, -0.25) is 9.52 Å². The summed E-state index contributed by atoms with van der Waals surface area (Å²) < 4.78 is 26.3. The smallest absolute Gasteiger partial charge is 0.229 e. The molecule has 0 radical (unpaired) electrons. The number of amides is 1. The first-order valence-electron chi connectivity index (χ1n) is 8.57. The third-order valence-electron chi connectivity index (χ3n) is 4.64. The summed E-state index contributed by atoms with van der Waals surface area (Å²) >= 11 is 0. The molecule has 1 aliphatic heterocycles. The number of benzene rings is 1. The van der Waals surface area contributed by atoms with Crippen LogP contribution in [0.4, 0.5) is 17.1 Å². The van der Waals surface area contributed by atoms with Gasteiger partial charge in [-0.2, -0.15) is 0 Å². The number of nitrogens with zero attached hydrogens (tertiary/aromatic N) is 1. The molecule has 0 spiro atoms. The minimum Gasteiger partial charge on any atom is -0.370 e. The lowest BCUT2D eigenvalue weighted by atomic mass is 9.94. The molecule has 6 nitrogen and oxygen atoms in total. The highest BCUT2D eigenvalue weighted by molar-refractivity contribution is 7.92. The third kappa shape index (κ3) is 3.92. The number of rotatable bonds is 4. The molecule has 0 unspecified atom stereocenters. The van der Waals surface area contributed by atoms with Crippen LogP contribution in [0.2, 0.25) is 0 Å². The van der Waals surface area contributed by atoms with Gasteiger partial charge in [0.15, 0.2) is 0 Å². The molecule has 1 heterocycles. The second kappa shape index (κ2) is 6.52. The van der Waals surface area contributed by atoms with Crippen molar-refractivity contribution in [2.75, 3.05) is 34.3 Å². The SMILES string of the molecule is CCN1CCc2c(C)c(NS(C)(=O)=O)c(C)c(NC(=O)C(C)(C)C)c21. The van der Waals surface area contributed by atoms with Crippen molar-refractivity contribution in [3.05, 3.63) is 16.7 Å². The van der Waals surface area contributed by atoms with Gasteiger partial charge in [0.1, 0.15) is 0 Å². The number of hydrogen-bond acceptors (Lipinski definition) is 4. The first-order chi connectivity index (χ1) is 11.4. The molecule has 1 amide bonds. The number of sulfonamides is 1. The summed E-state index contributed by atoms with van der Waals surface area (Å²) in [5, 5.41) is 3.05. The van der Waals surface area contributed by atoms with Crippen LogP contribution in [0.15, 0.2) is 0 Å². The van der Waals surface area contributed by atoms with Gasteiger partial charge < -0.3 is 10.2 Å². The van der Waals surface area contributed by atoms with Crippen LogP contribution in [-0.2, 0) is 21.2 Å². The van der Waals surface area contributed by atoms with E-state index >= 15 is 0 Å². The van der Waals surface area contributed by atoms with E-state index in [-0.39, 0.29) is 5.91 Å². The van der Waals surface area contributed by atoms with Crippen LogP contribution >= 0.6 is 0 Å². The van der Waals surface area contributed by atoms with E-state index in [2.05, 4.69) is 21.9 Å². The second-order valence-corrected chi connectivity index (χ2v) is 9.48. The van der Waals surface area contributed by atoms with Crippen LogP contribution in [0.3, 0.4) is 0 Å². The van der Waals surface area contributed by atoms with E-state index in [1.807, 2.05) is 34.6 Å². The molecule has 0 bridgehead atoms. The maximum absolute atomic E-state index is 12.6. The zero-order valence-corrected chi connectivity index (χ0v) is 17.0. The monoisotopic (exact) mass is 367 g/mol. The normalized spacial score (nSPS) is 14.4. The largest absolute Gasteiger partial charge is 0.370 e. The number of fused-ring (bicyclic) bond motifs is 1. The number of nitrogens with one attached hydrogen (secondary N) is 2. The third-order valence-corrected chi connectivity index (χ3v) is 5.21. The Morgan fingerprint density at radius 3 is 2.24 bits per heavy atom. The van der Waals surface area contributed by atoms with E-state index in [4.69, 9.17) is 0 Å². The summed E-state index contributed by atoms with van der Waals surface area (Å²) in [6.07, 6.45) is 1.98. The fourth-order valence-electron chi connectivity index (χ4n) is 3.19. The molecule has 0 aliphatic carbocycles. The van der Waals surface area contributed by atoms with Gasteiger partial charge >= 0.3 is 0 Å². The molecule has 0 aromatic heterocycles. The first-order valence-corrected chi connectivity index (χ1v) is 10.5. The van der Waals surface area contributed by atoms with Gasteiger partial charge in [0.25, 0.3) is 0 Å². The summed E-state index contributed by atoms with van der Waals surface area (Å²) in [5.41, 5.74) is 4.55. The number of carbonyl (C=O) groups excluding carboxylic acids is 1. The predicted octanol–water partition coefficient (Wildman–Crippen LogP) is 3.04. The second-order valence-electron chi connectivity index (χ2n) is 7.74. The van der Waals surface area contributed by atoms with Crippen molar-refractivity contribution in [3.8, 4) is 0 Å². The van der Waals surface area contributed by atoms with E-state index in [1.165, 1.54) is 0 Å². The minimum atomic E-state index is -3.41. The van der Waals surface area contributed by atoms with Crippen molar-refractivity contribution < 1.29 is 13.2 Å². The molecule has 140 valence electrons. The molecule has 0 fully saturated rings. The molecular weight excluding hydrogens is 338 g/mol. The number of likely N-dealkylation sites (N-methyl/N-ethyl adjacent to an activating group) is 1. The maximum atomic E-state index is 12.6. The Labute approximate surface area is 151 Å². The lowest BCUT2D eigenvalue weighted by Crippen LogP contribution is -2.30. The lowest BCUT2D eigenvalue weighted by Gasteiger charge is -2.27. The van der Waals surface area contributed by atoms with Crippen molar-refractivity contribution in [2.24, 2.45) is 5.41 Å². The van der Waals surface area contributed by atoms with Crippen molar-refractivity contribution >= 4 is 33.0 Å². The molecule has 1 aliphatic rings. The zero-order valence-electron chi connectivity index (χ0n) is 16.2. The maximum Gasteiger partial charge on any atom is 0.229 e. The summed E-state index contributed by atoms with van der Waals surface area (Å²) in [6.45, 7) is 13.2. The topological polar surface area (TPSA) is 78.5 Å². The molecule has 7 heteroatoms. The van der Waals surface area contributed by atoms with E-state index in [1.54, 1.807) is 0 Å². The van der Waals surface area contributed by atoms with E-state index in [0.717, 1.165) is 48.1 Å². The molecule has 25 heavy (non-hydrogen) atoms. The summed E-state index contributed by atoms with van der Waals surface area (Å²) in [6, 6.07) is 0. The Morgan fingerprint density at radius 1 is 1.16 bits per heavy atom. The Bertz CT molecular complexity index is 808. The average Bonchev–Trinajstić information content (AvgIpc) is 2.89. The van der Waals surface area contributed by atoms with E-state index in [0.29, 0.717) is 11.4 Å². The lowest BCUT2D eigenvalue weighted by molar-refractivity contribution is -0.123. The van der Waals surface area contributed by atoms with Crippen molar-refractivity contribution in [1.82, 2.24) is 0 Å². The van der Waals surface area contributed by atoms with E-state index in [9.17, 15) is 13.2 Å². The van der Waals surface area contributed by atoms with Gasteiger partial charge in [0, 0.05) is 18.5 Å². The van der Waals surface area contributed by atoms with Crippen LogP contribution in [0.5, 0.6) is 0 Å². The average molecular weight is 368 g/mol.